The molecule has 0 N–H and O–H groups in total. The van der Waals surface area contributed by atoms with Gasteiger partial charge < -0.3 is 8.97 Å². The molecule has 2 heteroatoms. The fraction of sp³-hybridized carbons (Fsp3) is 0.892. The van der Waals surface area contributed by atoms with Crippen LogP contribution in [0.1, 0.15) is 152 Å². The molecule has 2 atom stereocenters. The third-order valence-electron chi connectivity index (χ3n) is 11.9. The van der Waals surface area contributed by atoms with Gasteiger partial charge in [0.1, 0.15) is 0 Å². The predicted molar refractivity (Wildman–Crippen MR) is 175 cm³/mol. The highest BCUT2D eigenvalue weighted by Gasteiger charge is 2.32. The van der Waals surface area contributed by atoms with Crippen molar-refractivity contribution >= 4 is 0 Å². The second-order valence-corrected chi connectivity index (χ2v) is 16.5. The van der Waals surface area contributed by atoms with Gasteiger partial charge in [-0.1, -0.05) is 56.4 Å². The number of unbranched alkanes of at least 4 members (excludes halogenated alkanes) is 4. The van der Waals surface area contributed by atoms with E-state index in [9.17, 15) is 0 Å². The summed E-state index contributed by atoms with van der Waals surface area (Å²) in [6.45, 7) is 22.4. The first-order chi connectivity index (χ1) is 18.0. The van der Waals surface area contributed by atoms with Crippen LogP contribution in [0.2, 0.25) is 0 Å². The zero-order valence-corrected chi connectivity index (χ0v) is 29.1. The quantitative estimate of drug-likeness (QED) is 0.103. The van der Waals surface area contributed by atoms with Gasteiger partial charge in [-0.05, 0) is 116 Å². The van der Waals surface area contributed by atoms with E-state index < -0.39 is 0 Å². The second-order valence-electron chi connectivity index (χ2n) is 16.5. The van der Waals surface area contributed by atoms with Crippen molar-refractivity contribution in [1.82, 2.24) is 0 Å². The van der Waals surface area contributed by atoms with Gasteiger partial charge in [0.25, 0.3) is 0 Å². The van der Waals surface area contributed by atoms with Crippen molar-refractivity contribution < 1.29 is 8.97 Å². The van der Waals surface area contributed by atoms with Crippen molar-refractivity contribution in [2.45, 2.75) is 164 Å². The molecule has 0 aromatic heterocycles. The molecule has 0 saturated heterocycles. The average molecular weight is 545 g/mol. The number of hydrogen-bond donors (Lipinski definition) is 0. The van der Waals surface area contributed by atoms with Crippen molar-refractivity contribution in [2.75, 3.05) is 41.3 Å². The van der Waals surface area contributed by atoms with Crippen LogP contribution in [0.3, 0.4) is 0 Å². The summed E-state index contributed by atoms with van der Waals surface area (Å²) in [6, 6.07) is 1.47. The summed E-state index contributed by atoms with van der Waals surface area (Å²) < 4.78 is 2.36. The molecule has 0 heterocycles. The molecule has 0 spiro atoms. The maximum absolute atomic E-state index is 2.50. The van der Waals surface area contributed by atoms with Gasteiger partial charge in [-0.25, -0.2) is 0 Å². The lowest BCUT2D eigenvalue weighted by molar-refractivity contribution is -0.913. The molecule has 0 amide bonds. The lowest BCUT2D eigenvalue weighted by Crippen LogP contribution is -2.48. The maximum atomic E-state index is 2.50. The Labute approximate surface area is 246 Å². The monoisotopic (exact) mass is 545 g/mol. The van der Waals surface area contributed by atoms with E-state index in [0.717, 1.165) is 12.1 Å². The summed E-state index contributed by atoms with van der Waals surface area (Å²) in [7, 11) is 9.91. The third kappa shape index (κ3) is 10.3. The van der Waals surface area contributed by atoms with Crippen LogP contribution in [0.5, 0.6) is 0 Å². The van der Waals surface area contributed by atoms with E-state index in [1.807, 2.05) is 0 Å². The topological polar surface area (TPSA) is 0 Å². The molecule has 0 saturated carbocycles. The Morgan fingerprint density at radius 2 is 0.923 bits per heavy atom. The fourth-order valence-corrected chi connectivity index (χ4v) is 7.87. The van der Waals surface area contributed by atoms with Gasteiger partial charge in [0, 0.05) is 12.8 Å². The normalized spacial score (nSPS) is 21.8. The van der Waals surface area contributed by atoms with E-state index in [-0.39, 0.29) is 0 Å². The van der Waals surface area contributed by atoms with E-state index in [1.165, 1.54) is 118 Å². The van der Waals surface area contributed by atoms with Crippen LogP contribution in [0.15, 0.2) is 22.3 Å². The molecule has 2 unspecified atom stereocenters. The average Bonchev–Trinajstić information content (AvgIpc) is 2.81. The third-order valence-corrected chi connectivity index (χ3v) is 11.9. The summed E-state index contributed by atoms with van der Waals surface area (Å²) in [5.74, 6) is 0. The van der Waals surface area contributed by atoms with E-state index in [2.05, 4.69) is 83.6 Å². The molecule has 0 bridgehead atoms. The summed E-state index contributed by atoms with van der Waals surface area (Å²) >= 11 is 0. The second kappa shape index (κ2) is 14.5. The molecule has 0 aromatic rings. The SMILES string of the molecule is CC1=C(CCC(C)[N+](C)(C)CCCCCCC[N+](C)(C)C(C)CCC2=C(C)CCCC2(C)C)C(C)(C)CCC1. The Balaban J connectivity index is 1.65. The first-order valence-electron chi connectivity index (χ1n) is 17.0. The molecule has 2 rings (SSSR count). The molecule has 228 valence electrons. The van der Waals surface area contributed by atoms with Gasteiger partial charge in [0.2, 0.25) is 0 Å². The highest BCUT2D eigenvalue weighted by Crippen LogP contribution is 2.43. The van der Waals surface area contributed by atoms with Crippen LogP contribution in [0.25, 0.3) is 0 Å². The fourth-order valence-electron chi connectivity index (χ4n) is 7.87. The van der Waals surface area contributed by atoms with Crippen LogP contribution in [0, 0.1) is 10.8 Å². The van der Waals surface area contributed by atoms with Gasteiger partial charge in [0.05, 0.1) is 53.4 Å². The molecule has 0 radical (unpaired) electrons. The summed E-state index contributed by atoms with van der Waals surface area (Å²) in [4.78, 5) is 0. The Bertz CT molecular complexity index is 754. The standard InChI is InChI=1S/C37H72N2/c1-30-20-18-26-36(5,6)34(30)24-22-32(3)38(9,10)28-16-14-13-15-17-29-39(11,12)33(4)23-25-35-31(2)21-19-27-37(35,7)8/h32-33H,13-29H2,1-12H3/q+2. The molecule has 2 aliphatic rings. The van der Waals surface area contributed by atoms with Crippen molar-refractivity contribution in [1.29, 1.82) is 0 Å². The van der Waals surface area contributed by atoms with Gasteiger partial charge in [-0.15, -0.1) is 0 Å². The molecule has 2 nitrogen and oxygen atoms in total. The number of hydrogen-bond acceptors (Lipinski definition) is 0. The largest absolute Gasteiger partial charge is 0.326 e. The van der Waals surface area contributed by atoms with Crippen LogP contribution in [-0.4, -0.2) is 62.3 Å². The molecule has 0 fully saturated rings. The van der Waals surface area contributed by atoms with E-state index in [1.54, 1.807) is 22.3 Å². The molecular formula is C37H72N2+2. The minimum absolute atomic E-state index is 0.424. The Morgan fingerprint density at radius 1 is 0.590 bits per heavy atom. The number of rotatable bonds is 16. The van der Waals surface area contributed by atoms with Crippen LogP contribution in [0.4, 0.5) is 0 Å². The molecule has 2 aliphatic carbocycles. The van der Waals surface area contributed by atoms with Crippen LogP contribution >= 0.6 is 0 Å². The highest BCUT2D eigenvalue weighted by molar-refractivity contribution is 5.23. The Kier molecular flexibility index (Phi) is 12.9. The van der Waals surface area contributed by atoms with E-state index in [4.69, 9.17) is 0 Å². The summed E-state index contributed by atoms with van der Waals surface area (Å²) in [6.07, 6.45) is 20.4. The van der Waals surface area contributed by atoms with Gasteiger partial charge in [-0.3, -0.25) is 0 Å². The lowest BCUT2D eigenvalue weighted by Gasteiger charge is -2.39. The minimum Gasteiger partial charge on any atom is -0.326 e. The lowest BCUT2D eigenvalue weighted by atomic mass is 9.71. The Hall–Kier alpha value is -0.600. The first kappa shape index (κ1) is 34.6. The van der Waals surface area contributed by atoms with Crippen LogP contribution in [-0.2, 0) is 0 Å². The van der Waals surface area contributed by atoms with Crippen molar-refractivity contribution in [3.8, 4) is 0 Å². The Morgan fingerprint density at radius 3 is 1.26 bits per heavy atom. The highest BCUT2D eigenvalue weighted by atomic mass is 15.3. The smallest absolute Gasteiger partial charge is 0.0860 e. The van der Waals surface area contributed by atoms with Gasteiger partial charge in [-0.2, -0.15) is 0 Å². The maximum Gasteiger partial charge on any atom is 0.0860 e. The van der Waals surface area contributed by atoms with E-state index in [0.29, 0.717) is 10.8 Å². The molecular weight excluding hydrogens is 472 g/mol. The van der Waals surface area contributed by atoms with Gasteiger partial charge in [0.15, 0.2) is 0 Å². The number of quaternary nitrogens is 2. The minimum atomic E-state index is 0.424. The number of nitrogens with zero attached hydrogens (tertiary/aromatic N) is 2. The van der Waals surface area contributed by atoms with Gasteiger partial charge >= 0.3 is 0 Å². The molecule has 0 aliphatic heterocycles. The van der Waals surface area contributed by atoms with Crippen molar-refractivity contribution in [3.63, 3.8) is 0 Å². The molecule has 39 heavy (non-hydrogen) atoms. The van der Waals surface area contributed by atoms with Crippen LogP contribution < -0.4 is 0 Å². The first-order valence-corrected chi connectivity index (χ1v) is 17.0. The summed E-state index contributed by atoms with van der Waals surface area (Å²) in [5.41, 5.74) is 7.80. The number of allylic oxidation sites excluding steroid dienone is 4. The summed E-state index contributed by atoms with van der Waals surface area (Å²) in [5, 5.41) is 0. The predicted octanol–water partition coefficient (Wildman–Crippen LogP) is 10.5. The van der Waals surface area contributed by atoms with Crippen molar-refractivity contribution in [2.24, 2.45) is 10.8 Å². The molecule has 0 aromatic carbocycles. The van der Waals surface area contributed by atoms with Crippen molar-refractivity contribution in [3.05, 3.63) is 22.3 Å². The van der Waals surface area contributed by atoms with E-state index >= 15 is 0 Å². The zero-order chi connectivity index (χ0) is 29.5. The zero-order valence-electron chi connectivity index (χ0n) is 29.1.